The fraction of sp³-hybridized carbons (Fsp3) is 0.625. The van der Waals surface area contributed by atoms with E-state index in [1.165, 1.54) is 30.4 Å². The van der Waals surface area contributed by atoms with Gasteiger partial charge in [0.25, 0.3) is 0 Å². The van der Waals surface area contributed by atoms with Crippen LogP contribution in [0.1, 0.15) is 36.4 Å². The molecule has 19 heavy (non-hydrogen) atoms. The molecule has 0 bridgehead atoms. The first kappa shape index (κ1) is 14.5. The van der Waals surface area contributed by atoms with Crippen LogP contribution in [0.4, 0.5) is 0 Å². The molecule has 2 atom stereocenters. The molecule has 2 unspecified atom stereocenters. The van der Waals surface area contributed by atoms with Crippen molar-refractivity contribution in [1.29, 1.82) is 0 Å². The summed E-state index contributed by atoms with van der Waals surface area (Å²) in [5.41, 5.74) is 8.57. The molecule has 1 aliphatic rings. The fourth-order valence-electron chi connectivity index (χ4n) is 2.85. The largest absolute Gasteiger partial charge is 0.377 e. The summed E-state index contributed by atoms with van der Waals surface area (Å²) in [6, 6.07) is 8.92. The van der Waals surface area contributed by atoms with Gasteiger partial charge in [0.1, 0.15) is 0 Å². The predicted molar refractivity (Wildman–Crippen MR) is 79.2 cm³/mol. The number of aryl methyl sites for hydroxylation is 1. The first-order valence-corrected chi connectivity index (χ1v) is 7.29. The van der Waals surface area contributed by atoms with Gasteiger partial charge in [0.15, 0.2) is 0 Å². The van der Waals surface area contributed by atoms with Crippen LogP contribution in [-0.4, -0.2) is 37.7 Å². The van der Waals surface area contributed by atoms with Crippen molar-refractivity contribution in [3.05, 3.63) is 35.4 Å². The molecule has 1 fully saturated rings. The highest BCUT2D eigenvalue weighted by Gasteiger charge is 2.21. The Labute approximate surface area is 116 Å². The second-order valence-electron chi connectivity index (χ2n) is 5.59. The van der Waals surface area contributed by atoms with Crippen molar-refractivity contribution in [2.24, 2.45) is 5.73 Å². The van der Waals surface area contributed by atoms with Gasteiger partial charge in [-0.2, -0.15) is 0 Å². The minimum Gasteiger partial charge on any atom is -0.377 e. The summed E-state index contributed by atoms with van der Waals surface area (Å²) in [4.78, 5) is 2.34. The van der Waals surface area contributed by atoms with Crippen LogP contribution < -0.4 is 5.73 Å². The summed E-state index contributed by atoms with van der Waals surface area (Å²) in [5.74, 6) is 0. The van der Waals surface area contributed by atoms with Gasteiger partial charge in [0.2, 0.25) is 0 Å². The van der Waals surface area contributed by atoms with E-state index < -0.39 is 0 Å². The Balaban J connectivity index is 1.99. The molecule has 2 rings (SSSR count). The molecule has 106 valence electrons. The monoisotopic (exact) mass is 262 g/mol. The van der Waals surface area contributed by atoms with Crippen LogP contribution >= 0.6 is 0 Å². The van der Waals surface area contributed by atoms with Crippen molar-refractivity contribution < 1.29 is 4.74 Å². The number of nitrogens with two attached hydrogens (primary N) is 1. The molecule has 0 spiro atoms. The van der Waals surface area contributed by atoms with Crippen molar-refractivity contribution in [3.8, 4) is 0 Å². The van der Waals surface area contributed by atoms with Crippen LogP contribution in [0.15, 0.2) is 24.3 Å². The van der Waals surface area contributed by atoms with E-state index >= 15 is 0 Å². The average Bonchev–Trinajstić information content (AvgIpc) is 2.41. The van der Waals surface area contributed by atoms with Gasteiger partial charge in [0.05, 0.1) is 6.10 Å². The fourth-order valence-corrected chi connectivity index (χ4v) is 2.85. The van der Waals surface area contributed by atoms with Gasteiger partial charge in [-0.05, 0) is 38.8 Å². The van der Waals surface area contributed by atoms with Crippen molar-refractivity contribution in [1.82, 2.24) is 4.90 Å². The number of hydrogen-bond acceptors (Lipinski definition) is 3. The van der Waals surface area contributed by atoms with Crippen LogP contribution in [0.5, 0.6) is 0 Å². The summed E-state index contributed by atoms with van der Waals surface area (Å²) in [6.45, 7) is 4.65. The predicted octanol–water partition coefficient (Wildman–Crippen LogP) is 2.50. The Bertz CT molecular complexity index is 388. The van der Waals surface area contributed by atoms with Crippen LogP contribution in [0.25, 0.3) is 0 Å². The zero-order valence-corrected chi connectivity index (χ0v) is 12.1. The third kappa shape index (κ3) is 4.03. The number of rotatable bonds is 5. The SMILES string of the molecule is Cc1cccc(C(CN)N(C)CC2CCCCO2)c1. The zero-order valence-electron chi connectivity index (χ0n) is 12.1. The summed E-state index contributed by atoms with van der Waals surface area (Å²) in [7, 11) is 2.15. The highest BCUT2D eigenvalue weighted by molar-refractivity contribution is 5.25. The van der Waals surface area contributed by atoms with Crippen molar-refractivity contribution >= 4 is 0 Å². The molecule has 0 amide bonds. The average molecular weight is 262 g/mol. The maximum Gasteiger partial charge on any atom is 0.0702 e. The Morgan fingerprint density at radius 3 is 2.89 bits per heavy atom. The maximum absolute atomic E-state index is 5.98. The van der Waals surface area contributed by atoms with E-state index in [2.05, 4.69) is 43.1 Å². The summed E-state index contributed by atoms with van der Waals surface area (Å²) in [6.07, 6.45) is 4.04. The molecule has 0 aromatic heterocycles. The molecule has 1 aromatic carbocycles. The molecule has 3 heteroatoms. The Kier molecular flexibility index (Phi) is 5.37. The first-order valence-electron chi connectivity index (χ1n) is 7.29. The van der Waals surface area contributed by atoms with Gasteiger partial charge in [-0.3, -0.25) is 4.90 Å². The minimum absolute atomic E-state index is 0.283. The first-order chi connectivity index (χ1) is 9.20. The van der Waals surface area contributed by atoms with Crippen LogP contribution in [0.3, 0.4) is 0 Å². The van der Waals surface area contributed by atoms with Crippen molar-refractivity contribution in [2.75, 3.05) is 26.7 Å². The lowest BCUT2D eigenvalue weighted by Crippen LogP contribution is -2.38. The lowest BCUT2D eigenvalue weighted by atomic mass is 10.0. The van der Waals surface area contributed by atoms with Gasteiger partial charge in [-0.15, -0.1) is 0 Å². The molecule has 2 N–H and O–H groups in total. The van der Waals surface area contributed by atoms with Gasteiger partial charge in [-0.1, -0.05) is 29.8 Å². The smallest absolute Gasteiger partial charge is 0.0702 e. The number of likely N-dealkylation sites (N-methyl/N-ethyl adjacent to an activating group) is 1. The topological polar surface area (TPSA) is 38.5 Å². The molecule has 0 radical (unpaired) electrons. The number of nitrogens with zero attached hydrogens (tertiary/aromatic N) is 1. The highest BCUT2D eigenvalue weighted by atomic mass is 16.5. The molecule has 1 saturated heterocycles. The molecule has 3 nitrogen and oxygen atoms in total. The lowest BCUT2D eigenvalue weighted by Gasteiger charge is -2.32. The van der Waals surface area contributed by atoms with Crippen LogP contribution in [-0.2, 0) is 4.74 Å². The standard InChI is InChI=1S/C16H26N2O/c1-13-6-5-7-14(10-13)16(11-17)18(2)12-15-8-3-4-9-19-15/h5-7,10,15-16H,3-4,8-9,11-12,17H2,1-2H3. The normalized spacial score (nSPS) is 21.6. The molecular formula is C16H26N2O. The van der Waals surface area contributed by atoms with E-state index in [1.54, 1.807) is 0 Å². The molecule has 1 aliphatic heterocycles. The minimum atomic E-state index is 0.283. The van der Waals surface area contributed by atoms with Crippen LogP contribution in [0.2, 0.25) is 0 Å². The van der Waals surface area contributed by atoms with Gasteiger partial charge < -0.3 is 10.5 Å². The van der Waals surface area contributed by atoms with E-state index in [-0.39, 0.29) is 6.04 Å². The quantitative estimate of drug-likeness (QED) is 0.886. The van der Waals surface area contributed by atoms with Gasteiger partial charge in [0, 0.05) is 25.7 Å². The summed E-state index contributed by atoms with van der Waals surface area (Å²) < 4.78 is 5.82. The second-order valence-corrected chi connectivity index (χ2v) is 5.59. The van der Waals surface area contributed by atoms with E-state index in [9.17, 15) is 0 Å². The Hall–Kier alpha value is -0.900. The van der Waals surface area contributed by atoms with E-state index in [1.807, 2.05) is 0 Å². The number of benzene rings is 1. The Morgan fingerprint density at radius 1 is 1.42 bits per heavy atom. The summed E-state index contributed by atoms with van der Waals surface area (Å²) >= 11 is 0. The zero-order chi connectivity index (χ0) is 13.7. The molecular weight excluding hydrogens is 236 g/mol. The van der Waals surface area contributed by atoms with E-state index in [0.717, 1.165) is 13.2 Å². The summed E-state index contributed by atoms with van der Waals surface area (Å²) in [5, 5.41) is 0. The molecule has 1 aromatic rings. The molecule has 0 saturated carbocycles. The van der Waals surface area contributed by atoms with Gasteiger partial charge in [-0.25, -0.2) is 0 Å². The number of ether oxygens (including phenoxy) is 1. The van der Waals surface area contributed by atoms with E-state index in [0.29, 0.717) is 12.6 Å². The highest BCUT2D eigenvalue weighted by Crippen LogP contribution is 2.22. The van der Waals surface area contributed by atoms with Gasteiger partial charge >= 0.3 is 0 Å². The maximum atomic E-state index is 5.98. The third-order valence-electron chi connectivity index (χ3n) is 3.95. The Morgan fingerprint density at radius 2 is 2.26 bits per heavy atom. The van der Waals surface area contributed by atoms with Crippen molar-refractivity contribution in [2.45, 2.75) is 38.3 Å². The van der Waals surface area contributed by atoms with Crippen molar-refractivity contribution in [3.63, 3.8) is 0 Å². The lowest BCUT2D eigenvalue weighted by molar-refractivity contribution is -0.00777. The second kappa shape index (κ2) is 7.04. The molecule has 1 heterocycles. The van der Waals surface area contributed by atoms with Crippen LogP contribution in [0, 0.1) is 6.92 Å². The molecule has 0 aliphatic carbocycles. The van der Waals surface area contributed by atoms with E-state index in [4.69, 9.17) is 10.5 Å². The third-order valence-corrected chi connectivity index (χ3v) is 3.95. The number of hydrogen-bond donors (Lipinski definition) is 1.